The maximum atomic E-state index is 6.45. The van der Waals surface area contributed by atoms with Crippen molar-refractivity contribution in [2.75, 3.05) is 6.54 Å². The van der Waals surface area contributed by atoms with Gasteiger partial charge in [-0.15, -0.1) is 0 Å². The van der Waals surface area contributed by atoms with Crippen molar-refractivity contribution >= 4 is 11.6 Å². The molecular formula is C15H21ClN4. The molecule has 1 aromatic heterocycles. The van der Waals surface area contributed by atoms with Crippen LogP contribution in [0.4, 0.5) is 0 Å². The van der Waals surface area contributed by atoms with Crippen LogP contribution in [0.1, 0.15) is 36.8 Å². The Balaban J connectivity index is 2.29. The van der Waals surface area contributed by atoms with Crippen LogP contribution in [-0.2, 0) is 13.0 Å². The van der Waals surface area contributed by atoms with Gasteiger partial charge in [-0.05, 0) is 31.5 Å². The minimum absolute atomic E-state index is 0.155. The van der Waals surface area contributed by atoms with Crippen LogP contribution in [0.3, 0.4) is 0 Å². The van der Waals surface area contributed by atoms with Gasteiger partial charge in [0.05, 0.1) is 0 Å². The third kappa shape index (κ3) is 3.19. The predicted octanol–water partition coefficient (Wildman–Crippen LogP) is 3.15. The van der Waals surface area contributed by atoms with E-state index in [2.05, 4.69) is 35.3 Å². The quantitative estimate of drug-likeness (QED) is 0.889. The smallest absolute Gasteiger partial charge is 0.138 e. The molecule has 20 heavy (non-hydrogen) atoms. The number of rotatable bonds is 6. The van der Waals surface area contributed by atoms with Crippen LogP contribution < -0.4 is 5.32 Å². The van der Waals surface area contributed by atoms with E-state index in [0.29, 0.717) is 0 Å². The zero-order valence-corrected chi connectivity index (χ0v) is 13.0. The second-order valence-corrected chi connectivity index (χ2v) is 5.16. The summed E-state index contributed by atoms with van der Waals surface area (Å²) < 4.78 is 1.92. The zero-order chi connectivity index (χ0) is 14.5. The molecule has 0 saturated carbocycles. The highest BCUT2D eigenvalue weighted by Crippen LogP contribution is 2.28. The van der Waals surface area contributed by atoms with Gasteiger partial charge in [0.2, 0.25) is 0 Å². The summed E-state index contributed by atoms with van der Waals surface area (Å²) >= 11 is 6.45. The molecule has 0 fully saturated rings. The van der Waals surface area contributed by atoms with Crippen molar-refractivity contribution in [2.24, 2.45) is 0 Å². The van der Waals surface area contributed by atoms with Gasteiger partial charge in [-0.2, -0.15) is 5.10 Å². The zero-order valence-electron chi connectivity index (χ0n) is 12.2. The van der Waals surface area contributed by atoms with E-state index in [9.17, 15) is 0 Å². The third-order valence-corrected chi connectivity index (χ3v) is 3.95. The largest absolute Gasteiger partial charge is 0.310 e. The van der Waals surface area contributed by atoms with Crippen molar-refractivity contribution in [2.45, 2.75) is 39.8 Å². The summed E-state index contributed by atoms with van der Waals surface area (Å²) in [5.74, 6) is 0.982. The molecule has 108 valence electrons. The number of likely N-dealkylation sites (N-methyl/N-ethyl adjacent to an activating group) is 1. The fourth-order valence-electron chi connectivity index (χ4n) is 2.37. The van der Waals surface area contributed by atoms with Crippen LogP contribution in [0.15, 0.2) is 24.5 Å². The molecule has 0 spiro atoms. The summed E-state index contributed by atoms with van der Waals surface area (Å²) in [6.07, 6.45) is 2.39. The molecule has 0 amide bonds. The second-order valence-electron chi connectivity index (χ2n) is 4.78. The molecule has 1 atom stereocenters. The van der Waals surface area contributed by atoms with Gasteiger partial charge in [0.1, 0.15) is 12.2 Å². The molecule has 0 aliphatic rings. The number of hydrogen-bond acceptors (Lipinski definition) is 3. The average Bonchev–Trinajstić information content (AvgIpc) is 2.89. The van der Waals surface area contributed by atoms with E-state index in [1.165, 1.54) is 0 Å². The molecule has 1 N–H and O–H groups in total. The lowest BCUT2D eigenvalue weighted by molar-refractivity contribution is 0.509. The van der Waals surface area contributed by atoms with Crippen molar-refractivity contribution in [3.05, 3.63) is 46.5 Å². The molecule has 0 bridgehead atoms. The van der Waals surface area contributed by atoms with Gasteiger partial charge in [-0.1, -0.05) is 36.7 Å². The molecule has 2 aromatic rings. The van der Waals surface area contributed by atoms with Crippen LogP contribution in [0.5, 0.6) is 0 Å². The van der Waals surface area contributed by atoms with Crippen molar-refractivity contribution < 1.29 is 0 Å². The normalized spacial score (nSPS) is 12.6. The number of nitrogens with one attached hydrogen (secondary N) is 1. The number of hydrogen-bond donors (Lipinski definition) is 1. The van der Waals surface area contributed by atoms with Gasteiger partial charge in [0.15, 0.2) is 0 Å². The fraction of sp³-hybridized carbons (Fsp3) is 0.467. The van der Waals surface area contributed by atoms with Gasteiger partial charge in [-0.25, -0.2) is 4.98 Å². The Morgan fingerprint density at radius 2 is 2.15 bits per heavy atom. The number of aryl methyl sites for hydroxylation is 2. The summed E-state index contributed by atoms with van der Waals surface area (Å²) in [5, 5.41) is 8.55. The topological polar surface area (TPSA) is 42.7 Å². The molecular weight excluding hydrogens is 272 g/mol. The molecule has 0 aliphatic heterocycles. The minimum atomic E-state index is 0.155. The van der Waals surface area contributed by atoms with Crippen molar-refractivity contribution in [1.82, 2.24) is 20.1 Å². The molecule has 4 nitrogen and oxygen atoms in total. The summed E-state index contributed by atoms with van der Waals surface area (Å²) in [6, 6.07) is 6.31. The van der Waals surface area contributed by atoms with Crippen LogP contribution in [0.2, 0.25) is 5.02 Å². The first-order valence-corrected chi connectivity index (χ1v) is 7.40. The van der Waals surface area contributed by atoms with E-state index in [1.807, 2.05) is 23.7 Å². The van der Waals surface area contributed by atoms with Gasteiger partial charge < -0.3 is 5.32 Å². The number of aromatic nitrogens is 3. The van der Waals surface area contributed by atoms with Crippen LogP contribution in [0, 0.1) is 6.92 Å². The number of nitrogens with zero attached hydrogens (tertiary/aromatic N) is 3. The Morgan fingerprint density at radius 1 is 1.35 bits per heavy atom. The van der Waals surface area contributed by atoms with Crippen LogP contribution in [0.25, 0.3) is 0 Å². The minimum Gasteiger partial charge on any atom is -0.310 e. The maximum Gasteiger partial charge on any atom is 0.138 e. The summed E-state index contributed by atoms with van der Waals surface area (Å²) in [5.41, 5.74) is 2.23. The van der Waals surface area contributed by atoms with Gasteiger partial charge in [0.25, 0.3) is 0 Å². The summed E-state index contributed by atoms with van der Waals surface area (Å²) in [6.45, 7) is 7.91. The van der Waals surface area contributed by atoms with Crippen molar-refractivity contribution in [3.8, 4) is 0 Å². The predicted molar refractivity (Wildman–Crippen MR) is 82.0 cm³/mol. The highest BCUT2D eigenvalue weighted by molar-refractivity contribution is 6.32. The van der Waals surface area contributed by atoms with E-state index in [4.69, 9.17) is 11.6 Å². The SMILES string of the molecule is CCNC(Cc1ncnn1CC)c1cccc(C)c1Cl. The molecule has 1 aromatic carbocycles. The Labute approximate surface area is 125 Å². The van der Waals surface area contributed by atoms with Gasteiger partial charge in [0, 0.05) is 24.0 Å². The average molecular weight is 293 g/mol. The van der Waals surface area contributed by atoms with Crippen LogP contribution in [-0.4, -0.2) is 21.3 Å². The molecule has 1 unspecified atom stereocenters. The lowest BCUT2D eigenvalue weighted by Gasteiger charge is -2.20. The molecule has 2 rings (SSSR count). The molecule has 0 radical (unpaired) electrons. The monoisotopic (exact) mass is 292 g/mol. The first kappa shape index (κ1) is 15.0. The summed E-state index contributed by atoms with van der Waals surface area (Å²) in [7, 11) is 0. The molecule has 1 heterocycles. The summed E-state index contributed by atoms with van der Waals surface area (Å²) in [4.78, 5) is 4.36. The van der Waals surface area contributed by atoms with Gasteiger partial charge >= 0.3 is 0 Å². The Bertz CT molecular complexity index is 565. The maximum absolute atomic E-state index is 6.45. The number of halogens is 1. The Kier molecular flexibility index (Phi) is 5.15. The Morgan fingerprint density at radius 3 is 2.85 bits per heavy atom. The van der Waals surface area contributed by atoms with Crippen molar-refractivity contribution in [3.63, 3.8) is 0 Å². The first-order valence-electron chi connectivity index (χ1n) is 7.02. The standard InChI is InChI=1S/C15H21ClN4/c1-4-17-13(9-14-18-10-19-20(14)5-2)12-8-6-7-11(3)15(12)16/h6-8,10,13,17H,4-5,9H2,1-3H3. The van der Waals surface area contributed by atoms with Gasteiger partial charge in [-0.3, -0.25) is 4.68 Å². The highest BCUT2D eigenvalue weighted by Gasteiger charge is 2.18. The molecule has 0 aliphatic carbocycles. The second kappa shape index (κ2) is 6.86. The van der Waals surface area contributed by atoms with Crippen molar-refractivity contribution in [1.29, 1.82) is 0 Å². The van der Waals surface area contributed by atoms with E-state index in [0.717, 1.165) is 41.5 Å². The number of benzene rings is 1. The first-order chi connectivity index (χ1) is 9.67. The molecule has 5 heteroatoms. The third-order valence-electron chi connectivity index (χ3n) is 3.43. The van der Waals surface area contributed by atoms with E-state index in [1.54, 1.807) is 6.33 Å². The van der Waals surface area contributed by atoms with Crippen LogP contribution >= 0.6 is 11.6 Å². The van der Waals surface area contributed by atoms with E-state index >= 15 is 0 Å². The molecule has 0 saturated heterocycles. The highest BCUT2D eigenvalue weighted by atomic mass is 35.5. The van der Waals surface area contributed by atoms with E-state index < -0.39 is 0 Å². The fourth-order valence-corrected chi connectivity index (χ4v) is 2.63. The van der Waals surface area contributed by atoms with E-state index in [-0.39, 0.29) is 6.04 Å². The lowest BCUT2D eigenvalue weighted by atomic mass is 10.0. The Hall–Kier alpha value is -1.39. The lowest BCUT2D eigenvalue weighted by Crippen LogP contribution is -2.25.